The molecular weight excluding hydrogens is 322 g/mol. The zero-order valence-electron chi connectivity index (χ0n) is 13.4. The number of methoxy groups -OCH3 is 1. The number of benzene rings is 2. The SMILES string of the molecule is COc1ccccc1NC(=O)/C=C/C1=C(Cl)c2ccccc2CC1. The summed E-state index contributed by atoms with van der Waals surface area (Å²) in [5, 5.41) is 3.54. The molecule has 0 spiro atoms. The van der Waals surface area contributed by atoms with Crippen LogP contribution in [0.1, 0.15) is 17.5 Å². The summed E-state index contributed by atoms with van der Waals surface area (Å²) in [6.45, 7) is 0. The molecule has 1 amide bonds. The van der Waals surface area contributed by atoms with Crippen LogP contribution in [0.3, 0.4) is 0 Å². The highest BCUT2D eigenvalue weighted by molar-refractivity contribution is 6.49. The summed E-state index contributed by atoms with van der Waals surface area (Å²) < 4.78 is 5.23. The van der Waals surface area contributed by atoms with Crippen molar-refractivity contribution in [2.24, 2.45) is 0 Å². The lowest BCUT2D eigenvalue weighted by Crippen LogP contribution is -2.09. The predicted octanol–water partition coefficient (Wildman–Crippen LogP) is 4.79. The number of carbonyl (C=O) groups is 1. The van der Waals surface area contributed by atoms with Gasteiger partial charge in [0.2, 0.25) is 5.91 Å². The van der Waals surface area contributed by atoms with E-state index < -0.39 is 0 Å². The minimum atomic E-state index is -0.213. The number of amides is 1. The summed E-state index contributed by atoms with van der Waals surface area (Å²) in [5.74, 6) is 0.415. The number of nitrogens with one attached hydrogen (secondary N) is 1. The van der Waals surface area contributed by atoms with Crippen molar-refractivity contribution >= 4 is 28.2 Å². The number of halogens is 1. The van der Waals surface area contributed by atoms with Gasteiger partial charge in [-0.15, -0.1) is 0 Å². The Morgan fingerprint density at radius 2 is 1.88 bits per heavy atom. The molecular formula is C20H18ClNO2. The van der Waals surface area contributed by atoms with E-state index in [4.69, 9.17) is 16.3 Å². The number of aryl methyl sites for hydroxylation is 1. The second-order valence-electron chi connectivity index (χ2n) is 5.52. The molecule has 0 unspecified atom stereocenters. The van der Waals surface area contributed by atoms with Crippen LogP contribution in [0.4, 0.5) is 5.69 Å². The van der Waals surface area contributed by atoms with E-state index in [1.807, 2.05) is 30.3 Å². The van der Waals surface area contributed by atoms with Crippen molar-refractivity contribution in [3.8, 4) is 5.75 Å². The van der Waals surface area contributed by atoms with E-state index in [0.29, 0.717) is 11.4 Å². The van der Waals surface area contributed by atoms with Gasteiger partial charge in [0.05, 0.1) is 17.8 Å². The van der Waals surface area contributed by atoms with E-state index in [1.54, 1.807) is 25.3 Å². The van der Waals surface area contributed by atoms with Gasteiger partial charge in [0, 0.05) is 6.08 Å². The minimum absolute atomic E-state index is 0.213. The first kappa shape index (κ1) is 16.3. The van der Waals surface area contributed by atoms with Gasteiger partial charge in [-0.3, -0.25) is 4.79 Å². The molecule has 2 aromatic rings. The molecule has 1 N–H and O–H groups in total. The van der Waals surface area contributed by atoms with E-state index >= 15 is 0 Å². The Morgan fingerprint density at radius 3 is 2.71 bits per heavy atom. The summed E-state index contributed by atoms with van der Waals surface area (Å²) in [6, 6.07) is 15.4. The average molecular weight is 340 g/mol. The quantitative estimate of drug-likeness (QED) is 0.813. The van der Waals surface area contributed by atoms with Crippen molar-refractivity contribution in [1.29, 1.82) is 0 Å². The fraction of sp³-hybridized carbons (Fsp3) is 0.150. The largest absolute Gasteiger partial charge is 0.495 e. The number of para-hydroxylation sites is 2. The molecule has 0 saturated heterocycles. The number of hydrogen-bond acceptors (Lipinski definition) is 2. The van der Waals surface area contributed by atoms with Crippen molar-refractivity contribution in [1.82, 2.24) is 0 Å². The predicted molar refractivity (Wildman–Crippen MR) is 98.3 cm³/mol. The molecule has 122 valence electrons. The first-order valence-electron chi connectivity index (χ1n) is 7.78. The van der Waals surface area contributed by atoms with Crippen molar-refractivity contribution in [2.45, 2.75) is 12.8 Å². The van der Waals surface area contributed by atoms with E-state index in [0.717, 1.165) is 29.0 Å². The minimum Gasteiger partial charge on any atom is -0.495 e. The molecule has 0 aromatic heterocycles. The standard InChI is InChI=1S/C20H18ClNO2/c1-24-18-9-5-4-8-17(18)22-19(23)13-12-15-11-10-14-6-2-3-7-16(14)20(15)21/h2-9,12-13H,10-11H2,1H3,(H,22,23)/b13-12+. The van der Waals surface area contributed by atoms with Crippen LogP contribution in [0.25, 0.3) is 5.03 Å². The first-order valence-corrected chi connectivity index (χ1v) is 8.16. The van der Waals surface area contributed by atoms with Crippen LogP contribution in [0.2, 0.25) is 0 Å². The highest BCUT2D eigenvalue weighted by Crippen LogP contribution is 2.34. The van der Waals surface area contributed by atoms with Gasteiger partial charge in [-0.05, 0) is 41.7 Å². The Labute approximate surface area is 146 Å². The third-order valence-corrected chi connectivity index (χ3v) is 4.45. The Balaban J connectivity index is 1.75. The third kappa shape index (κ3) is 3.52. The number of ether oxygens (including phenoxy) is 1. The van der Waals surface area contributed by atoms with Crippen LogP contribution >= 0.6 is 11.6 Å². The summed E-state index contributed by atoms with van der Waals surface area (Å²) >= 11 is 6.48. The summed E-state index contributed by atoms with van der Waals surface area (Å²) in [4.78, 5) is 12.2. The molecule has 0 saturated carbocycles. The second kappa shape index (κ2) is 7.37. The highest BCUT2D eigenvalue weighted by atomic mass is 35.5. The maximum absolute atomic E-state index is 12.2. The molecule has 3 rings (SSSR count). The molecule has 4 heteroatoms. The van der Waals surface area contributed by atoms with Gasteiger partial charge in [0.15, 0.2) is 0 Å². The smallest absolute Gasteiger partial charge is 0.248 e. The van der Waals surface area contributed by atoms with Gasteiger partial charge < -0.3 is 10.1 Å². The van der Waals surface area contributed by atoms with Crippen LogP contribution in [0.5, 0.6) is 5.75 Å². The normalized spacial score (nSPS) is 13.8. The zero-order chi connectivity index (χ0) is 16.9. The van der Waals surface area contributed by atoms with Gasteiger partial charge in [0.25, 0.3) is 0 Å². The molecule has 3 nitrogen and oxygen atoms in total. The molecule has 1 aliphatic carbocycles. The van der Waals surface area contributed by atoms with Gasteiger partial charge in [0.1, 0.15) is 5.75 Å². The number of rotatable bonds is 4. The fourth-order valence-corrected chi connectivity index (χ4v) is 3.10. The van der Waals surface area contributed by atoms with Crippen LogP contribution in [0, 0.1) is 0 Å². The van der Waals surface area contributed by atoms with Crippen LogP contribution in [-0.4, -0.2) is 13.0 Å². The number of carbonyl (C=O) groups excluding carboxylic acids is 1. The van der Waals surface area contributed by atoms with Crippen LogP contribution in [-0.2, 0) is 11.2 Å². The Morgan fingerprint density at radius 1 is 1.12 bits per heavy atom. The molecule has 0 aliphatic heterocycles. The molecule has 0 bridgehead atoms. The Kier molecular flexibility index (Phi) is 5.02. The molecule has 0 atom stereocenters. The average Bonchev–Trinajstić information content (AvgIpc) is 2.62. The van der Waals surface area contributed by atoms with Crippen molar-refractivity contribution in [3.63, 3.8) is 0 Å². The lowest BCUT2D eigenvalue weighted by atomic mass is 9.92. The summed E-state index contributed by atoms with van der Waals surface area (Å²) in [5.41, 5.74) is 3.92. The fourth-order valence-electron chi connectivity index (χ4n) is 2.76. The summed E-state index contributed by atoms with van der Waals surface area (Å²) in [7, 11) is 1.57. The molecule has 2 aromatic carbocycles. The maximum atomic E-state index is 12.2. The second-order valence-corrected chi connectivity index (χ2v) is 5.90. The molecule has 24 heavy (non-hydrogen) atoms. The van der Waals surface area contributed by atoms with Crippen LogP contribution < -0.4 is 10.1 Å². The van der Waals surface area contributed by atoms with E-state index in [9.17, 15) is 4.79 Å². The zero-order valence-corrected chi connectivity index (χ0v) is 14.1. The van der Waals surface area contributed by atoms with Gasteiger partial charge in [-0.25, -0.2) is 0 Å². The lowest BCUT2D eigenvalue weighted by Gasteiger charge is -2.17. The Bertz CT molecular complexity index is 824. The monoisotopic (exact) mass is 339 g/mol. The molecule has 0 heterocycles. The van der Waals surface area contributed by atoms with Crippen LogP contribution in [0.15, 0.2) is 66.3 Å². The molecule has 0 radical (unpaired) electrons. The number of anilines is 1. The van der Waals surface area contributed by atoms with E-state index in [1.165, 1.54) is 11.6 Å². The van der Waals surface area contributed by atoms with Crippen molar-refractivity contribution < 1.29 is 9.53 Å². The first-order chi connectivity index (χ1) is 11.7. The Hall–Kier alpha value is -2.52. The lowest BCUT2D eigenvalue weighted by molar-refractivity contribution is -0.111. The highest BCUT2D eigenvalue weighted by Gasteiger charge is 2.15. The number of fused-ring (bicyclic) bond motifs is 1. The maximum Gasteiger partial charge on any atom is 0.248 e. The molecule has 1 aliphatic rings. The third-order valence-electron chi connectivity index (χ3n) is 4.00. The van der Waals surface area contributed by atoms with E-state index in [-0.39, 0.29) is 5.91 Å². The topological polar surface area (TPSA) is 38.3 Å². The van der Waals surface area contributed by atoms with Gasteiger partial charge in [-0.2, -0.15) is 0 Å². The van der Waals surface area contributed by atoms with Gasteiger partial charge >= 0.3 is 0 Å². The summed E-state index contributed by atoms with van der Waals surface area (Å²) in [6.07, 6.45) is 5.07. The number of allylic oxidation sites excluding steroid dienone is 2. The van der Waals surface area contributed by atoms with Gasteiger partial charge in [-0.1, -0.05) is 54.1 Å². The van der Waals surface area contributed by atoms with Crippen molar-refractivity contribution in [2.75, 3.05) is 12.4 Å². The van der Waals surface area contributed by atoms with Crippen molar-refractivity contribution in [3.05, 3.63) is 77.4 Å². The number of hydrogen-bond donors (Lipinski definition) is 1. The van der Waals surface area contributed by atoms with E-state index in [2.05, 4.69) is 11.4 Å². The molecule has 0 fully saturated rings.